The summed E-state index contributed by atoms with van der Waals surface area (Å²) in [5.74, 6) is 1.36. The van der Waals surface area contributed by atoms with Crippen LogP contribution in [0, 0.1) is 10.8 Å². The highest BCUT2D eigenvalue weighted by molar-refractivity contribution is 6.19. The van der Waals surface area contributed by atoms with E-state index in [-0.39, 0.29) is 16.9 Å². The third kappa shape index (κ3) is 2.41. The van der Waals surface area contributed by atoms with Crippen molar-refractivity contribution in [3.63, 3.8) is 0 Å². The second-order valence-electron chi connectivity index (χ2n) is 5.64. The van der Waals surface area contributed by atoms with E-state index in [4.69, 9.17) is 16.3 Å². The number of aliphatic imine (C=N–C) groups is 1. The number of ether oxygens (including phenoxy) is 1. The molecule has 1 atom stereocenters. The van der Waals surface area contributed by atoms with Gasteiger partial charge in [-0.15, -0.1) is 11.6 Å². The quantitative estimate of drug-likeness (QED) is 0.652. The first-order valence-corrected chi connectivity index (χ1v) is 5.58. The van der Waals surface area contributed by atoms with Crippen molar-refractivity contribution < 1.29 is 4.74 Å². The SMILES string of the molecule is CC(C)(CCl)C1=NC(C(C)(C)C)CO1. The van der Waals surface area contributed by atoms with Crippen molar-refractivity contribution in [2.75, 3.05) is 12.5 Å². The number of hydrogen-bond donors (Lipinski definition) is 0. The van der Waals surface area contributed by atoms with Crippen molar-refractivity contribution >= 4 is 17.5 Å². The zero-order chi connectivity index (χ0) is 11.0. The van der Waals surface area contributed by atoms with Gasteiger partial charge in [-0.25, -0.2) is 4.99 Å². The van der Waals surface area contributed by atoms with Gasteiger partial charge in [0.05, 0.1) is 11.5 Å². The minimum atomic E-state index is -0.137. The largest absolute Gasteiger partial charge is 0.478 e. The van der Waals surface area contributed by atoms with Gasteiger partial charge in [-0.3, -0.25) is 0 Å². The highest BCUT2D eigenvalue weighted by Gasteiger charge is 2.36. The van der Waals surface area contributed by atoms with Gasteiger partial charge < -0.3 is 4.74 Å². The first kappa shape index (κ1) is 11.8. The fraction of sp³-hybridized carbons (Fsp3) is 0.909. The van der Waals surface area contributed by atoms with Gasteiger partial charge in [0.15, 0.2) is 5.90 Å². The maximum atomic E-state index is 5.87. The smallest absolute Gasteiger partial charge is 0.190 e. The highest BCUT2D eigenvalue weighted by atomic mass is 35.5. The molecule has 3 heteroatoms. The van der Waals surface area contributed by atoms with Gasteiger partial charge in [-0.2, -0.15) is 0 Å². The molecule has 14 heavy (non-hydrogen) atoms. The van der Waals surface area contributed by atoms with Gasteiger partial charge in [0.25, 0.3) is 0 Å². The van der Waals surface area contributed by atoms with E-state index in [1.807, 2.05) is 0 Å². The summed E-state index contributed by atoms with van der Waals surface area (Å²) in [6.45, 7) is 11.4. The number of rotatable bonds is 2. The molecule has 2 nitrogen and oxygen atoms in total. The van der Waals surface area contributed by atoms with Crippen LogP contribution in [0.3, 0.4) is 0 Å². The van der Waals surface area contributed by atoms with Crippen molar-refractivity contribution in [2.45, 2.75) is 40.7 Å². The Balaban J connectivity index is 2.78. The lowest BCUT2D eigenvalue weighted by Gasteiger charge is -2.22. The molecule has 0 aromatic heterocycles. The highest BCUT2D eigenvalue weighted by Crippen LogP contribution is 2.31. The predicted molar refractivity (Wildman–Crippen MR) is 61.1 cm³/mol. The third-order valence-electron chi connectivity index (χ3n) is 2.56. The molecule has 0 fully saturated rings. The van der Waals surface area contributed by atoms with E-state index in [2.05, 4.69) is 39.6 Å². The Morgan fingerprint density at radius 3 is 2.29 bits per heavy atom. The van der Waals surface area contributed by atoms with Gasteiger partial charge in [0, 0.05) is 5.88 Å². The zero-order valence-electron chi connectivity index (χ0n) is 9.72. The van der Waals surface area contributed by atoms with Crippen LogP contribution >= 0.6 is 11.6 Å². The maximum absolute atomic E-state index is 5.87. The molecular weight excluding hydrogens is 198 g/mol. The Bertz CT molecular complexity index is 240. The lowest BCUT2D eigenvalue weighted by Crippen LogP contribution is -2.26. The lowest BCUT2D eigenvalue weighted by atomic mass is 9.88. The van der Waals surface area contributed by atoms with E-state index in [1.54, 1.807) is 0 Å². The second kappa shape index (κ2) is 3.73. The van der Waals surface area contributed by atoms with Gasteiger partial charge in [-0.05, 0) is 19.3 Å². The van der Waals surface area contributed by atoms with E-state index in [0.29, 0.717) is 12.5 Å². The van der Waals surface area contributed by atoms with Crippen LogP contribution in [-0.2, 0) is 4.74 Å². The molecule has 1 aliphatic heterocycles. The standard InChI is InChI=1S/C11H20ClNO/c1-10(2,3)8-6-14-9(13-8)11(4,5)7-12/h8H,6-7H2,1-5H3. The third-order valence-corrected chi connectivity index (χ3v) is 3.23. The number of hydrogen-bond acceptors (Lipinski definition) is 2. The molecule has 1 rings (SSSR count). The fourth-order valence-corrected chi connectivity index (χ4v) is 1.36. The molecule has 0 aliphatic carbocycles. The van der Waals surface area contributed by atoms with E-state index < -0.39 is 0 Å². The first-order chi connectivity index (χ1) is 6.27. The molecule has 0 saturated heterocycles. The Labute approximate surface area is 91.7 Å². The van der Waals surface area contributed by atoms with Crippen LogP contribution in [0.15, 0.2) is 4.99 Å². The monoisotopic (exact) mass is 217 g/mol. The summed E-state index contributed by atoms with van der Waals surface area (Å²) in [5.41, 5.74) is 0.0334. The van der Waals surface area contributed by atoms with Crippen molar-refractivity contribution in [1.82, 2.24) is 0 Å². The fourth-order valence-electron chi connectivity index (χ4n) is 1.24. The van der Waals surface area contributed by atoms with Crippen molar-refractivity contribution in [3.05, 3.63) is 0 Å². The summed E-state index contributed by atoms with van der Waals surface area (Å²) in [4.78, 5) is 4.61. The van der Waals surface area contributed by atoms with E-state index in [1.165, 1.54) is 0 Å². The molecule has 0 amide bonds. The van der Waals surface area contributed by atoms with E-state index in [0.717, 1.165) is 5.90 Å². The topological polar surface area (TPSA) is 21.6 Å². The Morgan fingerprint density at radius 2 is 1.93 bits per heavy atom. The van der Waals surface area contributed by atoms with Crippen molar-refractivity contribution in [2.24, 2.45) is 15.8 Å². The number of alkyl halides is 1. The van der Waals surface area contributed by atoms with Crippen LogP contribution in [0.4, 0.5) is 0 Å². The molecule has 0 radical (unpaired) electrons. The average Bonchev–Trinajstić information content (AvgIpc) is 2.51. The molecule has 1 heterocycles. The summed E-state index contributed by atoms with van der Waals surface area (Å²) >= 11 is 5.87. The van der Waals surface area contributed by atoms with Gasteiger partial charge in [-0.1, -0.05) is 20.8 Å². The number of halogens is 1. The summed E-state index contributed by atoms with van der Waals surface area (Å²) in [5, 5.41) is 0. The normalized spacial score (nSPS) is 23.3. The van der Waals surface area contributed by atoms with Crippen LogP contribution in [0.2, 0.25) is 0 Å². The minimum absolute atomic E-state index is 0.137. The average molecular weight is 218 g/mol. The van der Waals surface area contributed by atoms with Gasteiger partial charge >= 0.3 is 0 Å². The molecule has 0 N–H and O–H groups in total. The molecule has 82 valence electrons. The molecule has 1 unspecified atom stereocenters. The van der Waals surface area contributed by atoms with E-state index in [9.17, 15) is 0 Å². The van der Waals surface area contributed by atoms with Crippen molar-refractivity contribution in [1.29, 1.82) is 0 Å². The molecule has 0 bridgehead atoms. The Hall–Kier alpha value is -0.240. The van der Waals surface area contributed by atoms with Crippen LogP contribution in [-0.4, -0.2) is 24.4 Å². The molecule has 1 aliphatic rings. The molecular formula is C11H20ClNO. The Morgan fingerprint density at radius 1 is 1.36 bits per heavy atom. The predicted octanol–water partition coefficient (Wildman–Crippen LogP) is 3.09. The van der Waals surface area contributed by atoms with Crippen LogP contribution in [0.5, 0.6) is 0 Å². The molecule has 0 saturated carbocycles. The summed E-state index contributed by atoms with van der Waals surface area (Å²) in [6.07, 6.45) is 0. The second-order valence-corrected chi connectivity index (χ2v) is 5.91. The van der Waals surface area contributed by atoms with Gasteiger partial charge in [0.2, 0.25) is 0 Å². The summed E-state index contributed by atoms with van der Waals surface area (Å²) in [7, 11) is 0. The summed E-state index contributed by atoms with van der Waals surface area (Å²) < 4.78 is 5.61. The first-order valence-electron chi connectivity index (χ1n) is 5.04. The Kier molecular flexibility index (Phi) is 3.15. The minimum Gasteiger partial charge on any atom is -0.478 e. The molecule has 0 aromatic carbocycles. The summed E-state index contributed by atoms with van der Waals surface area (Å²) in [6, 6.07) is 0.264. The van der Waals surface area contributed by atoms with Crippen molar-refractivity contribution in [3.8, 4) is 0 Å². The lowest BCUT2D eigenvalue weighted by molar-refractivity contribution is 0.223. The van der Waals surface area contributed by atoms with Crippen LogP contribution in [0.25, 0.3) is 0 Å². The van der Waals surface area contributed by atoms with Gasteiger partial charge in [0.1, 0.15) is 6.61 Å². The molecule has 0 aromatic rings. The zero-order valence-corrected chi connectivity index (χ0v) is 10.5. The number of nitrogens with zero attached hydrogens (tertiary/aromatic N) is 1. The molecule has 0 spiro atoms. The van der Waals surface area contributed by atoms with Crippen LogP contribution < -0.4 is 0 Å². The van der Waals surface area contributed by atoms with E-state index >= 15 is 0 Å². The van der Waals surface area contributed by atoms with Crippen LogP contribution in [0.1, 0.15) is 34.6 Å². The maximum Gasteiger partial charge on any atom is 0.190 e.